The summed E-state index contributed by atoms with van der Waals surface area (Å²) in [7, 11) is 3.17. The van der Waals surface area contributed by atoms with Gasteiger partial charge in [-0.15, -0.1) is 0 Å². The third-order valence-electron chi connectivity index (χ3n) is 6.01. The smallest absolute Gasteiger partial charge is 0.274 e. The molecule has 2 aliphatic rings. The Kier molecular flexibility index (Phi) is 5.26. The maximum atomic E-state index is 14.1. The normalized spacial score (nSPS) is 21.9. The van der Waals surface area contributed by atoms with Crippen LogP contribution in [0.1, 0.15) is 32.8 Å². The highest BCUT2D eigenvalue weighted by Crippen LogP contribution is 2.53. The Bertz CT molecular complexity index is 1150. The first-order valence-corrected chi connectivity index (χ1v) is 10.0. The van der Waals surface area contributed by atoms with Crippen molar-refractivity contribution in [3.8, 4) is 5.75 Å². The van der Waals surface area contributed by atoms with E-state index in [1.807, 2.05) is 0 Å². The Morgan fingerprint density at radius 1 is 1.42 bits per heavy atom. The third-order valence-corrected chi connectivity index (χ3v) is 6.30. The molecule has 1 aromatic carbocycles. The molecule has 2 atom stereocenters. The Morgan fingerprint density at radius 2 is 2.16 bits per heavy atom. The molecule has 1 fully saturated rings. The van der Waals surface area contributed by atoms with Gasteiger partial charge < -0.3 is 24.6 Å². The van der Waals surface area contributed by atoms with Crippen LogP contribution in [0, 0.1) is 11.7 Å². The maximum Gasteiger partial charge on any atom is 0.274 e. The van der Waals surface area contributed by atoms with Crippen LogP contribution >= 0.6 is 11.6 Å². The molecule has 10 heteroatoms. The minimum atomic E-state index is -0.960. The molecular weight excluding hydrogens is 429 g/mol. The molecule has 0 radical (unpaired) electrons. The summed E-state index contributed by atoms with van der Waals surface area (Å²) in [5, 5.41) is 12.9. The second-order valence-electron chi connectivity index (χ2n) is 7.96. The van der Waals surface area contributed by atoms with Gasteiger partial charge in [-0.2, -0.15) is 0 Å². The Balaban J connectivity index is 1.70. The summed E-state index contributed by atoms with van der Waals surface area (Å²) < 4.78 is 20.9. The van der Waals surface area contributed by atoms with Gasteiger partial charge in [0.25, 0.3) is 11.8 Å². The predicted octanol–water partition coefficient (Wildman–Crippen LogP) is 1.72. The minimum Gasteiger partial charge on any atom is -0.503 e. The molecule has 1 aliphatic carbocycles. The van der Waals surface area contributed by atoms with Gasteiger partial charge in [-0.25, -0.2) is 4.39 Å². The molecule has 2 amide bonds. The number of carbonyl (C=O) groups excluding carboxylic acids is 2. The molecule has 2 aromatic rings. The first-order chi connectivity index (χ1) is 14.7. The van der Waals surface area contributed by atoms with Crippen LogP contribution in [0.5, 0.6) is 5.75 Å². The van der Waals surface area contributed by atoms with Crippen molar-refractivity contribution in [1.29, 1.82) is 0 Å². The van der Waals surface area contributed by atoms with Crippen LogP contribution < -0.4 is 10.7 Å². The van der Waals surface area contributed by atoms with Gasteiger partial charge in [0.2, 0.25) is 5.43 Å². The van der Waals surface area contributed by atoms with Crippen molar-refractivity contribution >= 4 is 23.4 Å². The number of halogens is 2. The molecular formula is C21H21ClFN3O5. The first kappa shape index (κ1) is 21.3. The number of nitrogens with zero attached hydrogens (tertiary/aromatic N) is 2. The average molecular weight is 450 g/mol. The molecule has 1 spiro atoms. The van der Waals surface area contributed by atoms with Crippen LogP contribution in [0.3, 0.4) is 0 Å². The second kappa shape index (κ2) is 7.65. The van der Waals surface area contributed by atoms with E-state index in [9.17, 15) is 23.9 Å². The van der Waals surface area contributed by atoms with Gasteiger partial charge in [-0.1, -0.05) is 23.7 Å². The number of likely N-dealkylation sites (N-methyl/N-ethyl adjacent to an activating group) is 1. The van der Waals surface area contributed by atoms with E-state index in [0.717, 1.165) is 0 Å². The fourth-order valence-corrected chi connectivity index (χ4v) is 4.48. The van der Waals surface area contributed by atoms with Gasteiger partial charge in [0.15, 0.2) is 11.4 Å². The molecule has 1 aromatic heterocycles. The Morgan fingerprint density at radius 3 is 2.87 bits per heavy atom. The fraction of sp³-hybridized carbons (Fsp3) is 0.381. The maximum absolute atomic E-state index is 14.1. The minimum absolute atomic E-state index is 0.0603. The van der Waals surface area contributed by atoms with Crippen molar-refractivity contribution < 1.29 is 23.8 Å². The van der Waals surface area contributed by atoms with E-state index in [1.54, 1.807) is 20.2 Å². The lowest BCUT2D eigenvalue weighted by Crippen LogP contribution is -2.48. The van der Waals surface area contributed by atoms with Crippen LogP contribution in [0.25, 0.3) is 0 Å². The van der Waals surface area contributed by atoms with Crippen molar-refractivity contribution in [2.75, 3.05) is 27.3 Å². The molecule has 4 rings (SSSR count). The zero-order chi connectivity index (χ0) is 22.5. The van der Waals surface area contributed by atoms with E-state index < -0.39 is 34.3 Å². The zero-order valence-corrected chi connectivity index (χ0v) is 17.7. The zero-order valence-electron chi connectivity index (χ0n) is 16.9. The quantitative estimate of drug-likeness (QED) is 0.724. The summed E-state index contributed by atoms with van der Waals surface area (Å²) in [4.78, 5) is 39.5. The first-order valence-electron chi connectivity index (χ1n) is 9.66. The fourth-order valence-electron chi connectivity index (χ4n) is 4.29. The number of fused-ring (bicyclic) bond motifs is 2. The second-order valence-corrected chi connectivity index (χ2v) is 8.36. The van der Waals surface area contributed by atoms with Gasteiger partial charge in [-0.05, 0) is 12.5 Å². The largest absolute Gasteiger partial charge is 0.503 e. The highest BCUT2D eigenvalue weighted by Gasteiger charge is 2.60. The predicted molar refractivity (Wildman–Crippen MR) is 110 cm³/mol. The molecule has 0 bridgehead atoms. The summed E-state index contributed by atoms with van der Waals surface area (Å²) in [6.45, 7) is 0.597. The summed E-state index contributed by atoms with van der Waals surface area (Å²) in [6, 6.07) is 4.39. The lowest BCUT2D eigenvalue weighted by molar-refractivity contribution is 0.0664. The van der Waals surface area contributed by atoms with Gasteiger partial charge in [0.05, 0.1) is 17.2 Å². The molecule has 1 saturated carbocycles. The Hall–Kier alpha value is -2.91. The van der Waals surface area contributed by atoms with E-state index in [1.165, 1.54) is 27.8 Å². The van der Waals surface area contributed by atoms with E-state index in [0.29, 0.717) is 19.6 Å². The van der Waals surface area contributed by atoms with E-state index >= 15 is 0 Å². The van der Waals surface area contributed by atoms with Gasteiger partial charge in [0, 0.05) is 44.9 Å². The van der Waals surface area contributed by atoms with Crippen molar-refractivity contribution in [3.05, 3.63) is 62.3 Å². The molecule has 8 nitrogen and oxygen atoms in total. The Labute approximate surface area is 182 Å². The number of methoxy groups -OCH3 is 1. The molecule has 164 valence electrons. The van der Waals surface area contributed by atoms with Crippen molar-refractivity contribution in [3.63, 3.8) is 0 Å². The van der Waals surface area contributed by atoms with Gasteiger partial charge >= 0.3 is 0 Å². The van der Waals surface area contributed by atoms with Crippen LogP contribution in [0.15, 0.2) is 29.2 Å². The average Bonchev–Trinajstić information content (AvgIpc) is 3.41. The SMILES string of the molecule is COCC1CC12CN(C)C(=O)c1c(O)c(=O)c(C(=O)NCc3cccc(Cl)c3F)cn12. The molecule has 0 saturated heterocycles. The number of rotatable bonds is 5. The molecule has 2 unspecified atom stereocenters. The van der Waals surface area contributed by atoms with Gasteiger partial charge in [0.1, 0.15) is 11.4 Å². The monoisotopic (exact) mass is 449 g/mol. The number of aromatic nitrogens is 1. The van der Waals surface area contributed by atoms with Crippen LogP contribution in [0.2, 0.25) is 5.02 Å². The number of hydrogen-bond acceptors (Lipinski definition) is 5. The summed E-state index contributed by atoms with van der Waals surface area (Å²) in [6.07, 6.45) is 1.98. The topological polar surface area (TPSA) is 101 Å². The number of nitrogens with one attached hydrogen (secondary N) is 1. The highest BCUT2D eigenvalue weighted by atomic mass is 35.5. The van der Waals surface area contributed by atoms with E-state index in [-0.39, 0.29) is 34.3 Å². The van der Waals surface area contributed by atoms with Crippen LogP contribution in [-0.4, -0.2) is 53.7 Å². The van der Waals surface area contributed by atoms with Crippen molar-refractivity contribution in [1.82, 2.24) is 14.8 Å². The van der Waals surface area contributed by atoms with Crippen molar-refractivity contribution in [2.24, 2.45) is 5.92 Å². The lowest BCUT2D eigenvalue weighted by Gasteiger charge is -2.35. The third kappa shape index (κ3) is 3.37. The summed E-state index contributed by atoms with van der Waals surface area (Å²) in [5.74, 6) is -2.68. The van der Waals surface area contributed by atoms with Gasteiger partial charge in [-0.3, -0.25) is 14.4 Å². The molecule has 31 heavy (non-hydrogen) atoms. The van der Waals surface area contributed by atoms with Crippen LogP contribution in [0.4, 0.5) is 4.39 Å². The lowest BCUT2D eigenvalue weighted by atomic mass is 10.0. The molecule has 2 N–H and O–H groups in total. The van der Waals surface area contributed by atoms with E-state index in [2.05, 4.69) is 5.32 Å². The molecule has 1 aliphatic heterocycles. The summed E-state index contributed by atoms with van der Waals surface area (Å²) >= 11 is 5.75. The standard InChI is InChI=1S/C21H21ClFN3O5/c1-25-10-21(6-12(21)9-31-2)26-8-13(17(27)18(28)16(26)20(25)30)19(29)24-7-11-4-3-5-14(22)15(11)23/h3-5,8,12,28H,6-7,9-10H2,1-2H3,(H,24,29). The van der Waals surface area contributed by atoms with E-state index in [4.69, 9.17) is 16.3 Å². The van der Waals surface area contributed by atoms with Crippen molar-refractivity contribution in [2.45, 2.75) is 18.5 Å². The number of ether oxygens (including phenoxy) is 1. The number of benzene rings is 1. The summed E-state index contributed by atoms with van der Waals surface area (Å²) in [5.41, 5.74) is -1.84. The number of aromatic hydroxyl groups is 1. The number of amides is 2. The highest BCUT2D eigenvalue weighted by molar-refractivity contribution is 6.30. The number of carbonyl (C=O) groups is 2. The van der Waals surface area contributed by atoms with Crippen LogP contribution in [-0.2, 0) is 16.8 Å². The number of hydrogen-bond donors (Lipinski definition) is 2. The molecule has 2 heterocycles. The number of pyridine rings is 1.